The maximum atomic E-state index is 11.6. The van der Waals surface area contributed by atoms with Gasteiger partial charge in [-0.2, -0.15) is 0 Å². The Labute approximate surface area is 202 Å². The van der Waals surface area contributed by atoms with Crippen LogP contribution < -0.4 is 0 Å². The van der Waals surface area contributed by atoms with E-state index in [1.807, 2.05) is 30.5 Å². The summed E-state index contributed by atoms with van der Waals surface area (Å²) in [6.45, 7) is 4.22. The molecular formula is C29H35N3O2. The molecule has 34 heavy (non-hydrogen) atoms. The molecule has 2 aromatic heterocycles. The van der Waals surface area contributed by atoms with E-state index < -0.39 is 5.97 Å². The fourth-order valence-electron chi connectivity index (χ4n) is 5.83. The van der Waals surface area contributed by atoms with Crippen molar-refractivity contribution in [1.82, 2.24) is 14.9 Å². The SMILES string of the molecule is CC1(CCCCc2ccc3c(n2)CCCC3)CN([C@@H](CC(=O)O)c2cnc3ccccc3c2)C1. The summed E-state index contributed by atoms with van der Waals surface area (Å²) in [4.78, 5) is 23.5. The van der Waals surface area contributed by atoms with Gasteiger partial charge in [-0.3, -0.25) is 19.7 Å². The molecule has 178 valence electrons. The molecule has 0 unspecified atom stereocenters. The van der Waals surface area contributed by atoms with Crippen molar-refractivity contribution in [3.63, 3.8) is 0 Å². The number of aliphatic carboxylic acids is 1. The van der Waals surface area contributed by atoms with E-state index in [0.717, 1.165) is 48.8 Å². The summed E-state index contributed by atoms with van der Waals surface area (Å²) in [7, 11) is 0. The average molecular weight is 458 g/mol. The Bertz CT molecular complexity index is 1170. The number of likely N-dealkylation sites (tertiary alicyclic amines) is 1. The van der Waals surface area contributed by atoms with Crippen LogP contribution in [0.1, 0.15) is 74.0 Å². The number of pyridine rings is 2. The lowest BCUT2D eigenvalue weighted by molar-refractivity contribution is -0.140. The first-order valence-electron chi connectivity index (χ1n) is 12.8. The van der Waals surface area contributed by atoms with Gasteiger partial charge in [0.15, 0.2) is 0 Å². The van der Waals surface area contributed by atoms with Gasteiger partial charge < -0.3 is 5.11 Å². The van der Waals surface area contributed by atoms with Gasteiger partial charge in [0.25, 0.3) is 0 Å². The third-order valence-corrected chi connectivity index (χ3v) is 7.67. The predicted octanol–water partition coefficient (Wildman–Crippen LogP) is 5.76. The molecule has 5 rings (SSSR count). The van der Waals surface area contributed by atoms with Crippen LogP contribution in [0.3, 0.4) is 0 Å². The van der Waals surface area contributed by atoms with Gasteiger partial charge in [-0.25, -0.2) is 0 Å². The maximum Gasteiger partial charge on any atom is 0.305 e. The van der Waals surface area contributed by atoms with Gasteiger partial charge in [-0.05, 0) is 79.7 Å². The van der Waals surface area contributed by atoms with E-state index in [4.69, 9.17) is 4.98 Å². The topological polar surface area (TPSA) is 66.3 Å². The second-order valence-corrected chi connectivity index (χ2v) is 10.6. The molecule has 1 N–H and O–H groups in total. The molecule has 0 bridgehead atoms. The van der Waals surface area contributed by atoms with E-state index in [1.165, 1.54) is 49.1 Å². The maximum absolute atomic E-state index is 11.6. The van der Waals surface area contributed by atoms with Gasteiger partial charge in [-0.15, -0.1) is 0 Å². The average Bonchev–Trinajstić information content (AvgIpc) is 2.83. The number of unbranched alkanes of at least 4 members (excludes halogenated alkanes) is 1. The first-order valence-corrected chi connectivity index (χ1v) is 12.8. The summed E-state index contributed by atoms with van der Waals surface area (Å²) in [5.74, 6) is -0.760. The standard InChI is InChI=1S/C29H35N3O2/c1-29(15-7-6-10-24-14-13-21-8-2-5-12-26(21)31-24)19-32(20-29)27(17-28(33)34)23-16-22-9-3-4-11-25(22)30-18-23/h3-4,9,11,13-14,16,18,27H,2,5-8,10,12,15,17,19-20H2,1H3,(H,33,34)/t27-/m0/s1. The number of para-hydroxylation sites is 1. The second kappa shape index (κ2) is 9.83. The molecule has 5 nitrogen and oxygen atoms in total. The van der Waals surface area contributed by atoms with Crippen LogP contribution in [0.2, 0.25) is 0 Å². The van der Waals surface area contributed by atoms with Crippen LogP contribution in [0.4, 0.5) is 0 Å². The zero-order chi connectivity index (χ0) is 23.5. The van der Waals surface area contributed by atoms with Gasteiger partial charge in [0, 0.05) is 42.1 Å². The van der Waals surface area contributed by atoms with E-state index in [-0.39, 0.29) is 17.9 Å². The number of hydrogen-bond donors (Lipinski definition) is 1. The number of carboxylic acid groups (broad SMARTS) is 1. The summed E-state index contributed by atoms with van der Waals surface area (Å²) in [5.41, 5.74) is 6.23. The Morgan fingerprint density at radius 1 is 1.12 bits per heavy atom. The molecule has 1 aromatic carbocycles. The lowest BCUT2D eigenvalue weighted by atomic mass is 9.75. The van der Waals surface area contributed by atoms with Crippen LogP contribution >= 0.6 is 0 Å². The lowest BCUT2D eigenvalue weighted by Crippen LogP contribution is -2.56. The van der Waals surface area contributed by atoms with Crippen molar-refractivity contribution in [2.24, 2.45) is 5.41 Å². The van der Waals surface area contributed by atoms with Gasteiger partial charge in [0.2, 0.25) is 0 Å². The van der Waals surface area contributed by atoms with Crippen molar-refractivity contribution in [3.05, 3.63) is 71.2 Å². The summed E-state index contributed by atoms with van der Waals surface area (Å²) >= 11 is 0. The number of nitrogens with zero attached hydrogens (tertiary/aromatic N) is 3. The molecule has 0 amide bonds. The van der Waals surface area contributed by atoms with Crippen molar-refractivity contribution < 1.29 is 9.90 Å². The second-order valence-electron chi connectivity index (χ2n) is 10.6. The Morgan fingerprint density at radius 3 is 2.79 bits per heavy atom. The largest absolute Gasteiger partial charge is 0.481 e. The zero-order valence-electron chi connectivity index (χ0n) is 20.2. The minimum absolute atomic E-state index is 0.111. The zero-order valence-corrected chi connectivity index (χ0v) is 20.2. The van der Waals surface area contributed by atoms with Crippen LogP contribution in [0.5, 0.6) is 0 Å². The Kier molecular flexibility index (Phi) is 6.64. The number of fused-ring (bicyclic) bond motifs is 2. The third kappa shape index (κ3) is 5.15. The van der Waals surface area contributed by atoms with Crippen LogP contribution in [0, 0.1) is 5.41 Å². The fraction of sp³-hybridized carbons (Fsp3) is 0.483. The molecule has 3 heterocycles. The van der Waals surface area contributed by atoms with Crippen molar-refractivity contribution >= 4 is 16.9 Å². The van der Waals surface area contributed by atoms with E-state index in [2.05, 4.69) is 35.0 Å². The van der Waals surface area contributed by atoms with E-state index in [1.54, 1.807) is 0 Å². The molecule has 1 fully saturated rings. The molecule has 0 saturated carbocycles. The first-order chi connectivity index (χ1) is 16.5. The Balaban J connectivity index is 1.15. The van der Waals surface area contributed by atoms with Crippen LogP contribution in [0.15, 0.2) is 48.7 Å². The van der Waals surface area contributed by atoms with Gasteiger partial charge in [0.1, 0.15) is 0 Å². The van der Waals surface area contributed by atoms with Crippen molar-refractivity contribution in [2.75, 3.05) is 13.1 Å². The van der Waals surface area contributed by atoms with Crippen molar-refractivity contribution in [1.29, 1.82) is 0 Å². The number of aryl methyl sites for hydroxylation is 3. The molecule has 0 radical (unpaired) electrons. The smallest absolute Gasteiger partial charge is 0.305 e. The molecule has 2 aliphatic rings. The molecule has 1 saturated heterocycles. The number of carbonyl (C=O) groups is 1. The lowest BCUT2D eigenvalue weighted by Gasteiger charge is -2.52. The highest BCUT2D eigenvalue weighted by Gasteiger charge is 2.42. The van der Waals surface area contributed by atoms with Gasteiger partial charge >= 0.3 is 5.97 Å². The Morgan fingerprint density at radius 2 is 1.94 bits per heavy atom. The molecule has 3 aromatic rings. The molecular weight excluding hydrogens is 422 g/mol. The minimum Gasteiger partial charge on any atom is -0.481 e. The highest BCUT2D eigenvalue weighted by atomic mass is 16.4. The summed E-state index contributed by atoms with van der Waals surface area (Å²) in [5, 5.41) is 10.6. The summed E-state index contributed by atoms with van der Waals surface area (Å²) in [6.07, 6.45) is 11.4. The van der Waals surface area contributed by atoms with Gasteiger partial charge in [0.05, 0.1) is 11.9 Å². The predicted molar refractivity (Wildman–Crippen MR) is 135 cm³/mol. The van der Waals surface area contributed by atoms with Crippen LogP contribution in [-0.4, -0.2) is 39.0 Å². The number of hydrogen-bond acceptors (Lipinski definition) is 4. The normalized spacial score (nSPS) is 18.3. The van der Waals surface area contributed by atoms with Crippen LogP contribution in [0.25, 0.3) is 10.9 Å². The monoisotopic (exact) mass is 457 g/mol. The Hall–Kier alpha value is -2.79. The number of rotatable bonds is 9. The summed E-state index contributed by atoms with van der Waals surface area (Å²) in [6, 6.07) is 14.5. The third-order valence-electron chi connectivity index (χ3n) is 7.67. The summed E-state index contributed by atoms with van der Waals surface area (Å²) < 4.78 is 0. The van der Waals surface area contributed by atoms with E-state index in [9.17, 15) is 9.90 Å². The molecule has 1 aliphatic carbocycles. The molecule has 0 spiro atoms. The van der Waals surface area contributed by atoms with E-state index in [0.29, 0.717) is 0 Å². The minimum atomic E-state index is -0.760. The highest BCUT2D eigenvalue weighted by Crippen LogP contribution is 2.41. The van der Waals surface area contributed by atoms with Crippen molar-refractivity contribution in [3.8, 4) is 0 Å². The van der Waals surface area contributed by atoms with Crippen molar-refractivity contribution in [2.45, 2.75) is 70.8 Å². The molecule has 1 aliphatic heterocycles. The molecule has 1 atom stereocenters. The number of benzene rings is 1. The first kappa shape index (κ1) is 23.0. The fourth-order valence-corrected chi connectivity index (χ4v) is 5.83. The number of carboxylic acids is 1. The highest BCUT2D eigenvalue weighted by molar-refractivity contribution is 5.79. The van der Waals surface area contributed by atoms with Crippen LogP contribution in [-0.2, 0) is 24.1 Å². The van der Waals surface area contributed by atoms with E-state index >= 15 is 0 Å². The molecule has 5 heteroatoms. The quantitative estimate of drug-likeness (QED) is 0.414. The van der Waals surface area contributed by atoms with Gasteiger partial charge in [-0.1, -0.05) is 37.6 Å². The number of aromatic nitrogens is 2.